The summed E-state index contributed by atoms with van der Waals surface area (Å²) in [5, 5.41) is 16.2. The van der Waals surface area contributed by atoms with Crippen LogP contribution in [0.25, 0.3) is 0 Å². The quantitative estimate of drug-likeness (QED) is 0.879. The molecule has 0 fully saturated rings. The monoisotopic (exact) mass is 239 g/mol. The van der Waals surface area contributed by atoms with Crippen molar-refractivity contribution >= 4 is 29.1 Å². The van der Waals surface area contributed by atoms with E-state index in [4.69, 9.17) is 5.11 Å². The molecule has 15 heavy (non-hydrogen) atoms. The minimum Gasteiger partial charge on any atom is -0.477 e. The number of nitrogens with zero attached hydrogens (tertiary/aromatic N) is 3. The number of rotatable bonds is 3. The maximum absolute atomic E-state index is 10.5. The Balaban J connectivity index is 2.14. The molecule has 7 heteroatoms. The molecule has 0 saturated heterocycles. The van der Waals surface area contributed by atoms with Crippen LogP contribution < -0.4 is 0 Å². The summed E-state index contributed by atoms with van der Waals surface area (Å²) in [6, 6.07) is 3.16. The van der Waals surface area contributed by atoms with Gasteiger partial charge >= 0.3 is 5.97 Å². The minimum atomic E-state index is -1.03. The molecule has 0 amide bonds. The molecule has 1 N–H and O–H groups in total. The van der Waals surface area contributed by atoms with Gasteiger partial charge in [0.15, 0.2) is 4.34 Å². The summed E-state index contributed by atoms with van der Waals surface area (Å²) in [5.74, 6) is -1.03. The number of aromatic carboxylic acids is 1. The summed E-state index contributed by atoms with van der Waals surface area (Å²) in [6.45, 7) is 0. The Labute approximate surface area is 93.2 Å². The fraction of sp³-hybridized carbons (Fsp3) is 0. The lowest BCUT2D eigenvalue weighted by molar-refractivity contribution is 0.0690. The van der Waals surface area contributed by atoms with Crippen LogP contribution in [0.15, 0.2) is 33.1 Å². The molecule has 0 aliphatic carbocycles. The first-order chi connectivity index (χ1) is 7.25. The van der Waals surface area contributed by atoms with E-state index in [0.717, 1.165) is 9.24 Å². The summed E-state index contributed by atoms with van der Waals surface area (Å²) < 4.78 is 0.805. The zero-order valence-electron chi connectivity index (χ0n) is 7.32. The SMILES string of the molecule is O=C(O)c1ccc(Sc2nncs2)cn1. The van der Waals surface area contributed by atoms with E-state index in [0.29, 0.717) is 0 Å². The van der Waals surface area contributed by atoms with E-state index in [1.165, 1.54) is 35.4 Å². The molecule has 0 spiro atoms. The van der Waals surface area contributed by atoms with Gasteiger partial charge in [0.25, 0.3) is 0 Å². The van der Waals surface area contributed by atoms with E-state index in [1.54, 1.807) is 11.6 Å². The van der Waals surface area contributed by atoms with Crippen molar-refractivity contribution in [2.45, 2.75) is 9.24 Å². The van der Waals surface area contributed by atoms with Crippen molar-refractivity contribution in [1.29, 1.82) is 0 Å². The van der Waals surface area contributed by atoms with Gasteiger partial charge in [0, 0.05) is 11.1 Å². The van der Waals surface area contributed by atoms with Gasteiger partial charge in [0.2, 0.25) is 0 Å². The highest BCUT2D eigenvalue weighted by Crippen LogP contribution is 2.27. The zero-order valence-corrected chi connectivity index (χ0v) is 8.96. The molecule has 0 bridgehead atoms. The first-order valence-corrected chi connectivity index (χ1v) is 5.58. The van der Waals surface area contributed by atoms with Gasteiger partial charge in [-0.05, 0) is 12.1 Å². The number of hydrogen-bond acceptors (Lipinski definition) is 6. The number of carboxylic acids is 1. The first-order valence-electron chi connectivity index (χ1n) is 3.89. The van der Waals surface area contributed by atoms with Crippen molar-refractivity contribution in [3.63, 3.8) is 0 Å². The number of aromatic nitrogens is 3. The fourth-order valence-corrected chi connectivity index (χ4v) is 2.30. The molecule has 2 aromatic rings. The third kappa shape index (κ3) is 2.51. The molecule has 0 saturated carbocycles. The molecule has 2 aromatic heterocycles. The lowest BCUT2D eigenvalue weighted by atomic mass is 10.4. The highest BCUT2D eigenvalue weighted by Gasteiger charge is 2.05. The van der Waals surface area contributed by atoms with Crippen molar-refractivity contribution in [3.8, 4) is 0 Å². The van der Waals surface area contributed by atoms with E-state index in [9.17, 15) is 4.79 Å². The van der Waals surface area contributed by atoms with Crippen molar-refractivity contribution in [1.82, 2.24) is 15.2 Å². The molecular formula is C8H5N3O2S2. The molecule has 0 unspecified atom stereocenters. The second kappa shape index (κ2) is 4.37. The smallest absolute Gasteiger partial charge is 0.354 e. The predicted molar refractivity (Wildman–Crippen MR) is 55.2 cm³/mol. The third-order valence-electron chi connectivity index (χ3n) is 1.50. The summed E-state index contributed by atoms with van der Waals surface area (Å²) in [6.07, 6.45) is 1.51. The molecule has 0 aliphatic heterocycles. The van der Waals surface area contributed by atoms with Gasteiger partial charge in [-0.3, -0.25) is 0 Å². The van der Waals surface area contributed by atoms with Crippen molar-refractivity contribution < 1.29 is 9.90 Å². The van der Waals surface area contributed by atoms with Crippen molar-refractivity contribution in [3.05, 3.63) is 29.5 Å². The standard InChI is InChI=1S/C8H5N3O2S2/c12-7(13)6-2-1-5(3-9-6)15-8-11-10-4-14-8/h1-4H,(H,12,13). The van der Waals surface area contributed by atoms with Crippen LogP contribution >= 0.6 is 23.1 Å². The maximum Gasteiger partial charge on any atom is 0.354 e. The average Bonchev–Trinajstić information content (AvgIpc) is 2.71. The van der Waals surface area contributed by atoms with Gasteiger partial charge < -0.3 is 5.11 Å². The average molecular weight is 239 g/mol. The Morgan fingerprint density at radius 3 is 2.87 bits per heavy atom. The molecule has 0 radical (unpaired) electrons. The minimum absolute atomic E-state index is 0.0385. The Morgan fingerprint density at radius 2 is 2.33 bits per heavy atom. The Bertz CT molecular complexity index is 455. The van der Waals surface area contributed by atoms with Gasteiger partial charge in [0.05, 0.1) is 0 Å². The zero-order chi connectivity index (χ0) is 10.7. The molecule has 0 atom stereocenters. The molecule has 76 valence electrons. The van der Waals surface area contributed by atoms with Crippen LogP contribution in [0.2, 0.25) is 0 Å². The van der Waals surface area contributed by atoms with E-state index < -0.39 is 5.97 Å². The second-order valence-electron chi connectivity index (χ2n) is 2.49. The largest absolute Gasteiger partial charge is 0.477 e. The van der Waals surface area contributed by atoms with E-state index in [1.807, 2.05) is 0 Å². The van der Waals surface area contributed by atoms with Gasteiger partial charge in [-0.2, -0.15) is 0 Å². The second-order valence-corrected chi connectivity index (χ2v) is 4.64. The van der Waals surface area contributed by atoms with Crippen LogP contribution in [0.3, 0.4) is 0 Å². The highest BCUT2D eigenvalue weighted by atomic mass is 32.2. The van der Waals surface area contributed by atoms with Gasteiger partial charge in [-0.25, -0.2) is 9.78 Å². The molecule has 0 aromatic carbocycles. The van der Waals surface area contributed by atoms with Crippen LogP contribution in [0.4, 0.5) is 0 Å². The molecule has 2 rings (SSSR count). The van der Waals surface area contributed by atoms with Crippen LogP contribution in [0, 0.1) is 0 Å². The number of hydrogen-bond donors (Lipinski definition) is 1. The summed E-state index contributed by atoms with van der Waals surface area (Å²) >= 11 is 2.83. The fourth-order valence-electron chi connectivity index (χ4n) is 0.875. The highest BCUT2D eigenvalue weighted by molar-refractivity contribution is 8.01. The normalized spacial score (nSPS) is 10.1. The van der Waals surface area contributed by atoms with Gasteiger partial charge in [-0.15, -0.1) is 10.2 Å². The van der Waals surface area contributed by atoms with Crippen molar-refractivity contribution in [2.24, 2.45) is 0 Å². The predicted octanol–water partition coefficient (Wildman–Crippen LogP) is 1.78. The first kappa shape index (κ1) is 10.1. The Morgan fingerprint density at radius 1 is 1.47 bits per heavy atom. The van der Waals surface area contributed by atoms with E-state index in [2.05, 4.69) is 15.2 Å². The number of pyridine rings is 1. The molecule has 5 nitrogen and oxygen atoms in total. The molecule has 2 heterocycles. The third-order valence-corrected chi connectivity index (χ3v) is 3.26. The molecular weight excluding hydrogens is 234 g/mol. The number of carboxylic acid groups (broad SMARTS) is 1. The number of carbonyl (C=O) groups is 1. The Kier molecular flexibility index (Phi) is 2.93. The van der Waals surface area contributed by atoms with Gasteiger partial charge in [0.1, 0.15) is 11.2 Å². The van der Waals surface area contributed by atoms with E-state index >= 15 is 0 Å². The van der Waals surface area contributed by atoms with Crippen LogP contribution in [-0.4, -0.2) is 26.3 Å². The molecule has 0 aliphatic rings. The lowest BCUT2D eigenvalue weighted by Crippen LogP contribution is -1.98. The summed E-state index contributed by atoms with van der Waals surface area (Å²) in [5.41, 5.74) is 1.68. The van der Waals surface area contributed by atoms with E-state index in [-0.39, 0.29) is 5.69 Å². The van der Waals surface area contributed by atoms with Gasteiger partial charge in [-0.1, -0.05) is 23.1 Å². The van der Waals surface area contributed by atoms with Crippen LogP contribution in [0.1, 0.15) is 10.5 Å². The van der Waals surface area contributed by atoms with Crippen molar-refractivity contribution in [2.75, 3.05) is 0 Å². The van der Waals surface area contributed by atoms with Crippen LogP contribution in [-0.2, 0) is 0 Å². The van der Waals surface area contributed by atoms with Crippen LogP contribution in [0.5, 0.6) is 0 Å². The maximum atomic E-state index is 10.5. The summed E-state index contributed by atoms with van der Waals surface area (Å²) in [7, 11) is 0. The summed E-state index contributed by atoms with van der Waals surface area (Å²) in [4.78, 5) is 15.2. The lowest BCUT2D eigenvalue weighted by Gasteiger charge is -1.96. The Hall–Kier alpha value is -1.47. The topological polar surface area (TPSA) is 76.0 Å².